The van der Waals surface area contributed by atoms with E-state index in [9.17, 15) is 0 Å². The zero-order valence-electron chi connectivity index (χ0n) is 9.23. The van der Waals surface area contributed by atoms with Crippen LogP contribution in [0.25, 0.3) is 0 Å². The van der Waals surface area contributed by atoms with Gasteiger partial charge in [-0.15, -0.1) is 0 Å². The van der Waals surface area contributed by atoms with Gasteiger partial charge in [0.05, 0.1) is 18.8 Å². The molecule has 0 bridgehead atoms. The third-order valence-corrected chi connectivity index (χ3v) is 2.18. The van der Waals surface area contributed by atoms with E-state index in [-0.39, 0.29) is 0 Å². The molecule has 16 heavy (non-hydrogen) atoms. The monoisotopic (exact) mass is 217 g/mol. The van der Waals surface area contributed by atoms with E-state index >= 15 is 0 Å². The van der Waals surface area contributed by atoms with Gasteiger partial charge in [0, 0.05) is 18.1 Å². The molecule has 0 radical (unpaired) electrons. The van der Waals surface area contributed by atoms with Crippen molar-refractivity contribution >= 4 is 5.69 Å². The maximum atomic E-state index is 5.42. The van der Waals surface area contributed by atoms with E-state index < -0.39 is 0 Å². The van der Waals surface area contributed by atoms with Gasteiger partial charge >= 0.3 is 0 Å². The Kier molecular flexibility index (Phi) is 3.43. The van der Waals surface area contributed by atoms with E-state index in [2.05, 4.69) is 15.3 Å². The van der Waals surface area contributed by atoms with Gasteiger partial charge in [-0.1, -0.05) is 0 Å². The Morgan fingerprint density at radius 1 is 1.38 bits per heavy atom. The summed E-state index contributed by atoms with van der Waals surface area (Å²) in [6, 6.07) is 7.86. The molecule has 0 saturated carbocycles. The number of anilines is 1. The number of aromatic amines is 1. The third kappa shape index (κ3) is 2.53. The number of aromatic nitrogens is 2. The molecule has 84 valence electrons. The molecule has 0 saturated heterocycles. The van der Waals surface area contributed by atoms with Crippen LogP contribution in [0.4, 0.5) is 5.69 Å². The fourth-order valence-corrected chi connectivity index (χ4v) is 1.45. The van der Waals surface area contributed by atoms with Gasteiger partial charge in [0.1, 0.15) is 0 Å². The molecule has 2 heterocycles. The van der Waals surface area contributed by atoms with E-state index in [1.165, 1.54) is 0 Å². The lowest BCUT2D eigenvalue weighted by Crippen LogP contribution is -2.04. The molecule has 2 N–H and O–H groups in total. The molecule has 4 heteroatoms. The van der Waals surface area contributed by atoms with Crippen LogP contribution in [-0.2, 0) is 6.54 Å². The Labute approximate surface area is 94.7 Å². The summed E-state index contributed by atoms with van der Waals surface area (Å²) in [7, 11) is 0. The lowest BCUT2D eigenvalue weighted by Gasteiger charge is -2.10. The molecule has 2 aromatic rings. The molecule has 2 rings (SSSR count). The Morgan fingerprint density at radius 2 is 2.31 bits per heavy atom. The van der Waals surface area contributed by atoms with Crippen molar-refractivity contribution in [2.45, 2.75) is 13.5 Å². The highest BCUT2D eigenvalue weighted by molar-refractivity contribution is 5.52. The molecule has 0 aliphatic rings. The number of ether oxygens (including phenoxy) is 1. The largest absolute Gasteiger partial charge is 0.476 e. The van der Waals surface area contributed by atoms with Crippen molar-refractivity contribution in [2.75, 3.05) is 11.9 Å². The van der Waals surface area contributed by atoms with Gasteiger partial charge in [-0.25, -0.2) is 4.98 Å². The van der Waals surface area contributed by atoms with E-state index in [0.717, 1.165) is 17.9 Å². The third-order valence-electron chi connectivity index (χ3n) is 2.18. The minimum Gasteiger partial charge on any atom is -0.476 e. The molecule has 0 atom stereocenters. The van der Waals surface area contributed by atoms with Crippen LogP contribution in [0, 0.1) is 0 Å². The van der Waals surface area contributed by atoms with Gasteiger partial charge in [0.25, 0.3) is 0 Å². The summed E-state index contributed by atoms with van der Waals surface area (Å²) in [4.78, 5) is 7.31. The normalized spacial score (nSPS) is 10.1. The lowest BCUT2D eigenvalue weighted by atomic mass is 10.3. The van der Waals surface area contributed by atoms with Crippen LogP contribution < -0.4 is 10.1 Å². The summed E-state index contributed by atoms with van der Waals surface area (Å²) in [5, 5.41) is 3.28. The summed E-state index contributed by atoms with van der Waals surface area (Å²) < 4.78 is 5.42. The maximum absolute atomic E-state index is 5.42. The first-order valence-electron chi connectivity index (χ1n) is 5.34. The van der Waals surface area contributed by atoms with Crippen LogP contribution in [0.15, 0.2) is 36.7 Å². The molecule has 0 aliphatic carbocycles. The molecule has 0 spiro atoms. The standard InChI is InChI=1S/C12H15N3O/c1-2-16-12-11(6-4-8-14-12)15-9-10-5-3-7-13-10/h3-8,13,15H,2,9H2,1H3. The number of pyridine rings is 1. The van der Waals surface area contributed by atoms with Crippen LogP contribution >= 0.6 is 0 Å². The number of hydrogen-bond acceptors (Lipinski definition) is 3. The molecule has 0 fully saturated rings. The summed E-state index contributed by atoms with van der Waals surface area (Å²) in [5.74, 6) is 0.650. The number of rotatable bonds is 5. The van der Waals surface area contributed by atoms with E-state index in [1.807, 2.05) is 37.4 Å². The number of hydrogen-bond donors (Lipinski definition) is 2. The fourth-order valence-electron chi connectivity index (χ4n) is 1.45. The molecule has 0 aliphatic heterocycles. The second-order valence-corrected chi connectivity index (χ2v) is 3.34. The first-order chi connectivity index (χ1) is 7.90. The van der Waals surface area contributed by atoms with Gasteiger partial charge in [0.2, 0.25) is 5.88 Å². The van der Waals surface area contributed by atoms with Crippen molar-refractivity contribution in [3.63, 3.8) is 0 Å². The first-order valence-corrected chi connectivity index (χ1v) is 5.34. The highest BCUT2D eigenvalue weighted by Gasteiger charge is 2.03. The quantitative estimate of drug-likeness (QED) is 0.808. The van der Waals surface area contributed by atoms with Crippen molar-refractivity contribution in [2.24, 2.45) is 0 Å². The highest BCUT2D eigenvalue weighted by atomic mass is 16.5. The maximum Gasteiger partial charge on any atom is 0.237 e. The van der Waals surface area contributed by atoms with Gasteiger partial charge < -0.3 is 15.0 Å². The zero-order valence-corrected chi connectivity index (χ0v) is 9.23. The van der Waals surface area contributed by atoms with Gasteiger partial charge in [-0.05, 0) is 31.2 Å². The average molecular weight is 217 g/mol. The second kappa shape index (κ2) is 5.21. The molecule has 4 nitrogen and oxygen atoms in total. The van der Waals surface area contributed by atoms with Gasteiger partial charge in [-0.3, -0.25) is 0 Å². The topological polar surface area (TPSA) is 49.9 Å². The average Bonchev–Trinajstić information content (AvgIpc) is 2.81. The molecule has 2 aromatic heterocycles. The Hall–Kier alpha value is -1.97. The predicted octanol–water partition coefficient (Wildman–Crippen LogP) is 2.42. The van der Waals surface area contributed by atoms with E-state index in [4.69, 9.17) is 4.74 Å². The summed E-state index contributed by atoms with van der Waals surface area (Å²) in [6.07, 6.45) is 3.63. The Morgan fingerprint density at radius 3 is 3.06 bits per heavy atom. The van der Waals surface area contributed by atoms with Crippen LogP contribution in [0.5, 0.6) is 5.88 Å². The molecular formula is C12H15N3O. The van der Waals surface area contributed by atoms with Crippen molar-refractivity contribution in [3.8, 4) is 5.88 Å². The Bertz CT molecular complexity index is 426. The van der Waals surface area contributed by atoms with Crippen LogP contribution in [0.1, 0.15) is 12.6 Å². The van der Waals surface area contributed by atoms with Gasteiger partial charge in [0.15, 0.2) is 0 Å². The molecule has 0 unspecified atom stereocenters. The molecule has 0 aromatic carbocycles. The number of H-pyrrole nitrogens is 1. The Balaban J connectivity index is 2.03. The number of nitrogens with one attached hydrogen (secondary N) is 2. The van der Waals surface area contributed by atoms with Crippen LogP contribution in [0.2, 0.25) is 0 Å². The second-order valence-electron chi connectivity index (χ2n) is 3.34. The summed E-state index contributed by atoms with van der Waals surface area (Å²) >= 11 is 0. The van der Waals surface area contributed by atoms with E-state index in [0.29, 0.717) is 12.5 Å². The lowest BCUT2D eigenvalue weighted by molar-refractivity contribution is 0.328. The highest BCUT2D eigenvalue weighted by Crippen LogP contribution is 2.20. The first kappa shape index (κ1) is 10.5. The predicted molar refractivity (Wildman–Crippen MR) is 63.5 cm³/mol. The molecular weight excluding hydrogens is 202 g/mol. The van der Waals surface area contributed by atoms with Crippen LogP contribution in [0.3, 0.4) is 0 Å². The number of nitrogens with zero attached hydrogens (tertiary/aromatic N) is 1. The SMILES string of the molecule is CCOc1ncccc1NCc1ccc[nH]1. The van der Waals surface area contributed by atoms with Crippen molar-refractivity contribution in [1.29, 1.82) is 0 Å². The van der Waals surface area contributed by atoms with Crippen molar-refractivity contribution < 1.29 is 4.74 Å². The van der Waals surface area contributed by atoms with Crippen molar-refractivity contribution in [3.05, 3.63) is 42.4 Å². The minimum atomic E-state index is 0.619. The van der Waals surface area contributed by atoms with E-state index in [1.54, 1.807) is 6.20 Å². The smallest absolute Gasteiger partial charge is 0.237 e. The summed E-state index contributed by atoms with van der Waals surface area (Å²) in [5.41, 5.74) is 2.05. The van der Waals surface area contributed by atoms with Gasteiger partial charge in [-0.2, -0.15) is 0 Å². The molecule has 0 amide bonds. The summed E-state index contributed by atoms with van der Waals surface area (Å²) in [6.45, 7) is 3.30. The minimum absolute atomic E-state index is 0.619. The van der Waals surface area contributed by atoms with Crippen molar-refractivity contribution in [1.82, 2.24) is 9.97 Å². The zero-order chi connectivity index (χ0) is 11.2. The fraction of sp³-hybridized carbons (Fsp3) is 0.250. The van der Waals surface area contributed by atoms with Crippen LogP contribution in [-0.4, -0.2) is 16.6 Å².